The molecule has 0 saturated heterocycles. The van der Waals surface area contributed by atoms with Crippen molar-refractivity contribution in [3.63, 3.8) is 0 Å². The van der Waals surface area contributed by atoms with Crippen molar-refractivity contribution in [3.05, 3.63) is 0 Å². The zero-order valence-electron chi connectivity index (χ0n) is 9.63. The molecular formula is C12H24N2O. The van der Waals surface area contributed by atoms with Crippen LogP contribution < -0.4 is 11.1 Å². The van der Waals surface area contributed by atoms with Crippen LogP contribution in [-0.2, 0) is 4.79 Å². The van der Waals surface area contributed by atoms with Crippen molar-refractivity contribution in [2.75, 3.05) is 13.1 Å². The molecule has 0 atom stereocenters. The molecule has 0 aromatic carbocycles. The van der Waals surface area contributed by atoms with Crippen LogP contribution in [0.4, 0.5) is 0 Å². The summed E-state index contributed by atoms with van der Waals surface area (Å²) in [7, 11) is 0. The molecule has 0 spiro atoms. The van der Waals surface area contributed by atoms with E-state index in [0.29, 0.717) is 6.42 Å². The Balaban J connectivity index is 1.80. The largest absolute Gasteiger partial charge is 0.356 e. The predicted octanol–water partition coefficient (Wildman–Crippen LogP) is 1.81. The molecule has 0 aliphatic heterocycles. The first kappa shape index (κ1) is 12.5. The van der Waals surface area contributed by atoms with Gasteiger partial charge < -0.3 is 11.1 Å². The van der Waals surface area contributed by atoms with E-state index in [9.17, 15) is 4.79 Å². The lowest BCUT2D eigenvalue weighted by molar-refractivity contribution is -0.121. The number of nitrogens with one attached hydrogen (secondary N) is 1. The van der Waals surface area contributed by atoms with Crippen LogP contribution in [0.1, 0.15) is 51.4 Å². The number of carbonyl (C=O) groups is 1. The minimum absolute atomic E-state index is 0.225. The van der Waals surface area contributed by atoms with Crippen LogP contribution in [0, 0.1) is 5.92 Å². The van der Waals surface area contributed by atoms with Gasteiger partial charge in [0.15, 0.2) is 0 Å². The Bertz CT molecular complexity index is 178. The number of amides is 1. The summed E-state index contributed by atoms with van der Waals surface area (Å²) in [6.07, 6.45) is 9.00. The van der Waals surface area contributed by atoms with Crippen LogP contribution >= 0.6 is 0 Å². The molecule has 15 heavy (non-hydrogen) atoms. The van der Waals surface area contributed by atoms with Crippen LogP contribution in [0.25, 0.3) is 0 Å². The summed E-state index contributed by atoms with van der Waals surface area (Å²) >= 11 is 0. The fourth-order valence-corrected chi connectivity index (χ4v) is 1.69. The number of hydrogen-bond acceptors (Lipinski definition) is 2. The molecule has 3 N–H and O–H groups in total. The second-order valence-electron chi connectivity index (χ2n) is 4.53. The molecule has 1 aliphatic rings. The molecule has 1 rings (SSSR count). The van der Waals surface area contributed by atoms with Gasteiger partial charge in [-0.1, -0.05) is 25.7 Å². The van der Waals surface area contributed by atoms with E-state index in [1.54, 1.807) is 0 Å². The molecule has 0 heterocycles. The number of nitrogens with two attached hydrogens (primary N) is 1. The molecule has 0 aromatic heterocycles. The molecule has 0 bridgehead atoms. The highest BCUT2D eigenvalue weighted by atomic mass is 16.1. The average molecular weight is 212 g/mol. The average Bonchev–Trinajstić information content (AvgIpc) is 3.01. The first-order valence-electron chi connectivity index (χ1n) is 6.29. The van der Waals surface area contributed by atoms with Gasteiger partial charge >= 0.3 is 0 Å². The molecule has 1 fully saturated rings. The SMILES string of the molecule is NCCCCCCC(=O)NCCC1CC1. The topological polar surface area (TPSA) is 55.1 Å². The molecule has 3 heteroatoms. The third-order valence-corrected chi connectivity index (χ3v) is 2.93. The first-order chi connectivity index (χ1) is 7.33. The predicted molar refractivity (Wildman–Crippen MR) is 62.5 cm³/mol. The molecule has 1 saturated carbocycles. The van der Waals surface area contributed by atoms with Gasteiger partial charge in [0, 0.05) is 13.0 Å². The normalized spacial score (nSPS) is 15.3. The van der Waals surface area contributed by atoms with Crippen molar-refractivity contribution >= 4 is 5.91 Å². The minimum atomic E-state index is 0.225. The summed E-state index contributed by atoms with van der Waals surface area (Å²) in [4.78, 5) is 11.3. The second-order valence-corrected chi connectivity index (χ2v) is 4.53. The lowest BCUT2D eigenvalue weighted by atomic mass is 10.1. The van der Waals surface area contributed by atoms with E-state index in [1.165, 1.54) is 19.3 Å². The minimum Gasteiger partial charge on any atom is -0.356 e. The van der Waals surface area contributed by atoms with Gasteiger partial charge in [0.25, 0.3) is 0 Å². The smallest absolute Gasteiger partial charge is 0.219 e. The zero-order valence-corrected chi connectivity index (χ0v) is 9.63. The Morgan fingerprint density at radius 1 is 1.20 bits per heavy atom. The third kappa shape index (κ3) is 7.37. The van der Waals surface area contributed by atoms with Gasteiger partial charge in [0.2, 0.25) is 5.91 Å². The van der Waals surface area contributed by atoms with Crippen molar-refractivity contribution in [2.45, 2.75) is 51.4 Å². The highest BCUT2D eigenvalue weighted by Gasteiger charge is 2.20. The molecule has 0 aromatic rings. The van der Waals surface area contributed by atoms with Crippen LogP contribution in [0.2, 0.25) is 0 Å². The fraction of sp³-hybridized carbons (Fsp3) is 0.917. The Labute approximate surface area is 92.8 Å². The summed E-state index contributed by atoms with van der Waals surface area (Å²) in [5.41, 5.74) is 5.39. The summed E-state index contributed by atoms with van der Waals surface area (Å²) in [6.45, 7) is 1.65. The standard InChI is InChI=1S/C12H24N2O/c13-9-4-2-1-3-5-12(15)14-10-8-11-6-7-11/h11H,1-10,13H2,(H,14,15). The first-order valence-corrected chi connectivity index (χ1v) is 6.29. The fourth-order valence-electron chi connectivity index (χ4n) is 1.69. The number of hydrogen-bond donors (Lipinski definition) is 2. The van der Waals surface area contributed by atoms with Gasteiger partial charge in [0.05, 0.1) is 0 Å². The monoisotopic (exact) mass is 212 g/mol. The number of carbonyl (C=O) groups excluding carboxylic acids is 1. The van der Waals surface area contributed by atoms with E-state index in [2.05, 4.69) is 5.32 Å². The van der Waals surface area contributed by atoms with Crippen molar-refractivity contribution in [3.8, 4) is 0 Å². The maximum atomic E-state index is 11.3. The van der Waals surface area contributed by atoms with Crippen molar-refractivity contribution in [1.29, 1.82) is 0 Å². The Morgan fingerprint density at radius 3 is 2.60 bits per heavy atom. The highest BCUT2D eigenvalue weighted by Crippen LogP contribution is 2.31. The van der Waals surface area contributed by atoms with Crippen LogP contribution in [0.15, 0.2) is 0 Å². The van der Waals surface area contributed by atoms with E-state index in [0.717, 1.165) is 44.7 Å². The van der Waals surface area contributed by atoms with E-state index in [4.69, 9.17) is 5.73 Å². The quantitative estimate of drug-likeness (QED) is 0.573. The Morgan fingerprint density at radius 2 is 1.93 bits per heavy atom. The molecule has 1 amide bonds. The van der Waals surface area contributed by atoms with Gasteiger partial charge in [-0.15, -0.1) is 0 Å². The zero-order chi connectivity index (χ0) is 10.9. The molecule has 3 nitrogen and oxygen atoms in total. The van der Waals surface area contributed by atoms with Gasteiger partial charge in [-0.25, -0.2) is 0 Å². The number of unbranched alkanes of at least 4 members (excludes halogenated alkanes) is 3. The summed E-state index contributed by atoms with van der Waals surface area (Å²) in [5, 5.41) is 2.98. The van der Waals surface area contributed by atoms with Crippen LogP contribution in [-0.4, -0.2) is 19.0 Å². The van der Waals surface area contributed by atoms with Crippen LogP contribution in [0.5, 0.6) is 0 Å². The Kier molecular flexibility index (Phi) is 6.41. The van der Waals surface area contributed by atoms with Crippen LogP contribution in [0.3, 0.4) is 0 Å². The van der Waals surface area contributed by atoms with Crippen molar-refractivity contribution < 1.29 is 4.79 Å². The molecule has 1 aliphatic carbocycles. The maximum absolute atomic E-state index is 11.3. The van der Waals surface area contributed by atoms with Gasteiger partial charge in [-0.3, -0.25) is 4.79 Å². The lowest BCUT2D eigenvalue weighted by Crippen LogP contribution is -2.24. The second kappa shape index (κ2) is 7.69. The highest BCUT2D eigenvalue weighted by molar-refractivity contribution is 5.75. The van der Waals surface area contributed by atoms with Crippen molar-refractivity contribution in [2.24, 2.45) is 11.7 Å². The van der Waals surface area contributed by atoms with Gasteiger partial charge in [-0.05, 0) is 31.7 Å². The van der Waals surface area contributed by atoms with Gasteiger partial charge in [0.1, 0.15) is 0 Å². The van der Waals surface area contributed by atoms with E-state index >= 15 is 0 Å². The maximum Gasteiger partial charge on any atom is 0.219 e. The van der Waals surface area contributed by atoms with Crippen molar-refractivity contribution in [1.82, 2.24) is 5.32 Å². The van der Waals surface area contributed by atoms with E-state index in [-0.39, 0.29) is 5.91 Å². The lowest BCUT2D eigenvalue weighted by Gasteiger charge is -2.04. The Hall–Kier alpha value is -0.570. The third-order valence-electron chi connectivity index (χ3n) is 2.93. The summed E-state index contributed by atoms with van der Waals surface area (Å²) in [5.74, 6) is 1.14. The summed E-state index contributed by atoms with van der Waals surface area (Å²) < 4.78 is 0. The number of rotatable bonds is 9. The molecule has 0 radical (unpaired) electrons. The van der Waals surface area contributed by atoms with E-state index < -0.39 is 0 Å². The molecule has 88 valence electrons. The summed E-state index contributed by atoms with van der Waals surface area (Å²) in [6, 6.07) is 0. The molecule has 0 unspecified atom stereocenters. The molecular weight excluding hydrogens is 188 g/mol. The van der Waals surface area contributed by atoms with Gasteiger partial charge in [-0.2, -0.15) is 0 Å². The van der Waals surface area contributed by atoms with E-state index in [1.807, 2.05) is 0 Å².